The Hall–Kier alpha value is -2.21. The normalized spacial score (nSPS) is 18.4. The lowest BCUT2D eigenvalue weighted by Gasteiger charge is -2.31. The van der Waals surface area contributed by atoms with Gasteiger partial charge < -0.3 is 9.63 Å². The van der Waals surface area contributed by atoms with Crippen molar-refractivity contribution < 1.29 is 14.4 Å². The third-order valence-electron chi connectivity index (χ3n) is 4.82. The van der Waals surface area contributed by atoms with E-state index in [-0.39, 0.29) is 6.42 Å². The summed E-state index contributed by atoms with van der Waals surface area (Å²) >= 11 is 0. The van der Waals surface area contributed by atoms with Crippen molar-refractivity contribution in [3.05, 3.63) is 35.7 Å². The van der Waals surface area contributed by atoms with Crippen LogP contribution in [0.1, 0.15) is 44.1 Å². The van der Waals surface area contributed by atoms with Gasteiger partial charge in [0, 0.05) is 18.5 Å². The molecule has 0 radical (unpaired) electrons. The number of hydrogen-bond donors (Lipinski definition) is 1. The highest BCUT2D eigenvalue weighted by molar-refractivity contribution is 5.66. The largest absolute Gasteiger partial charge is 0.481 e. The van der Waals surface area contributed by atoms with Crippen molar-refractivity contribution in [1.82, 2.24) is 15.0 Å². The van der Waals surface area contributed by atoms with E-state index < -0.39 is 5.97 Å². The molecular weight excluding hydrogens is 318 g/mol. The fourth-order valence-electron chi connectivity index (χ4n) is 3.38. The molecule has 0 saturated carbocycles. The Balaban J connectivity index is 1.57. The van der Waals surface area contributed by atoms with Gasteiger partial charge in [0.1, 0.15) is 0 Å². The number of rotatable bonds is 7. The highest BCUT2D eigenvalue weighted by Crippen LogP contribution is 2.23. The van der Waals surface area contributed by atoms with Crippen LogP contribution in [0.15, 0.2) is 28.8 Å². The summed E-state index contributed by atoms with van der Waals surface area (Å²) < 4.78 is 5.41. The van der Waals surface area contributed by atoms with Crippen molar-refractivity contribution in [2.75, 3.05) is 13.1 Å². The number of nitrogens with zero attached hydrogens (tertiary/aromatic N) is 3. The topological polar surface area (TPSA) is 79.5 Å². The van der Waals surface area contributed by atoms with Crippen LogP contribution in [0, 0.1) is 5.92 Å². The van der Waals surface area contributed by atoms with Gasteiger partial charge in [-0.3, -0.25) is 9.69 Å². The van der Waals surface area contributed by atoms with E-state index in [1.165, 1.54) is 5.56 Å². The summed E-state index contributed by atoms with van der Waals surface area (Å²) in [5.74, 6) is 0.965. The molecule has 25 heavy (non-hydrogen) atoms. The number of benzene rings is 1. The Morgan fingerprint density at radius 1 is 1.36 bits per heavy atom. The van der Waals surface area contributed by atoms with E-state index >= 15 is 0 Å². The Kier molecular flexibility index (Phi) is 5.81. The first-order valence-corrected chi connectivity index (χ1v) is 9.00. The minimum atomic E-state index is -0.715. The zero-order valence-corrected chi connectivity index (χ0v) is 14.6. The van der Waals surface area contributed by atoms with Gasteiger partial charge in [0.15, 0.2) is 0 Å². The Morgan fingerprint density at radius 2 is 2.16 bits per heavy atom. The number of carboxylic acids is 1. The van der Waals surface area contributed by atoms with Crippen LogP contribution in [0.5, 0.6) is 0 Å². The number of carbonyl (C=O) groups is 1. The van der Waals surface area contributed by atoms with Gasteiger partial charge in [0.2, 0.25) is 11.7 Å². The molecule has 1 N–H and O–H groups in total. The summed E-state index contributed by atoms with van der Waals surface area (Å²) in [4.78, 5) is 17.5. The fourth-order valence-corrected chi connectivity index (χ4v) is 3.38. The molecule has 1 aromatic heterocycles. The molecule has 0 aliphatic carbocycles. The molecule has 6 nitrogen and oxygen atoms in total. The molecule has 6 heteroatoms. The Bertz CT molecular complexity index is 696. The predicted molar refractivity (Wildman–Crippen MR) is 94.0 cm³/mol. The summed E-state index contributed by atoms with van der Waals surface area (Å²) in [5, 5.41) is 12.9. The summed E-state index contributed by atoms with van der Waals surface area (Å²) in [5.41, 5.74) is 2.25. The number of piperidine rings is 1. The number of aromatic nitrogens is 2. The second kappa shape index (κ2) is 8.25. The van der Waals surface area contributed by atoms with Crippen LogP contribution in [-0.2, 0) is 17.8 Å². The summed E-state index contributed by atoms with van der Waals surface area (Å²) in [6.07, 6.45) is 4.18. The maximum atomic E-state index is 10.7. The van der Waals surface area contributed by atoms with Gasteiger partial charge in [0.25, 0.3) is 0 Å². The predicted octanol–water partition coefficient (Wildman–Crippen LogP) is 3.38. The van der Waals surface area contributed by atoms with Gasteiger partial charge in [-0.1, -0.05) is 36.3 Å². The molecule has 1 atom stereocenters. The molecule has 0 spiro atoms. The average Bonchev–Trinajstić information content (AvgIpc) is 3.09. The zero-order chi connectivity index (χ0) is 17.6. The number of likely N-dealkylation sites (tertiary alicyclic amines) is 1. The van der Waals surface area contributed by atoms with Crippen LogP contribution in [0.25, 0.3) is 11.4 Å². The number of carboxylic acid groups (broad SMARTS) is 1. The quantitative estimate of drug-likeness (QED) is 0.830. The van der Waals surface area contributed by atoms with E-state index in [0.29, 0.717) is 24.2 Å². The molecule has 2 heterocycles. The van der Waals surface area contributed by atoms with Gasteiger partial charge in [-0.25, -0.2) is 0 Å². The second-order valence-corrected chi connectivity index (χ2v) is 6.74. The monoisotopic (exact) mass is 343 g/mol. The molecule has 0 bridgehead atoms. The Labute approximate surface area is 147 Å². The van der Waals surface area contributed by atoms with Crippen molar-refractivity contribution in [2.45, 2.75) is 45.6 Å². The molecule has 1 aliphatic rings. The highest BCUT2D eigenvalue weighted by Gasteiger charge is 2.22. The molecule has 0 amide bonds. The van der Waals surface area contributed by atoms with Crippen LogP contribution in [-0.4, -0.2) is 39.2 Å². The minimum absolute atomic E-state index is 0.247. The van der Waals surface area contributed by atoms with Gasteiger partial charge >= 0.3 is 5.97 Å². The van der Waals surface area contributed by atoms with Crippen molar-refractivity contribution in [1.29, 1.82) is 0 Å². The van der Waals surface area contributed by atoms with Gasteiger partial charge in [-0.15, -0.1) is 0 Å². The molecular formula is C19H25N3O3. The van der Waals surface area contributed by atoms with Crippen LogP contribution in [0.4, 0.5) is 0 Å². The summed E-state index contributed by atoms with van der Waals surface area (Å²) in [6.45, 7) is 4.65. The van der Waals surface area contributed by atoms with E-state index in [9.17, 15) is 4.79 Å². The highest BCUT2D eigenvalue weighted by atomic mass is 16.5. The lowest BCUT2D eigenvalue weighted by atomic mass is 9.93. The number of aryl methyl sites for hydroxylation is 1. The molecule has 1 saturated heterocycles. The van der Waals surface area contributed by atoms with Gasteiger partial charge in [-0.2, -0.15) is 4.98 Å². The lowest BCUT2D eigenvalue weighted by Crippen LogP contribution is -2.35. The summed E-state index contributed by atoms with van der Waals surface area (Å²) in [7, 11) is 0. The smallest absolute Gasteiger partial charge is 0.303 e. The molecule has 3 rings (SSSR count). The maximum Gasteiger partial charge on any atom is 0.303 e. The first-order chi connectivity index (χ1) is 12.1. The molecule has 1 fully saturated rings. The van der Waals surface area contributed by atoms with Gasteiger partial charge in [-0.05, 0) is 43.7 Å². The standard InChI is InChI=1S/C19H25N3O3/c1-2-14-5-8-16(9-6-14)19-20-17(25-21-19)13-22-11-3-4-15(12-22)7-10-18(23)24/h5-6,8-9,15H,2-4,7,10-13H2,1H3,(H,23,24). The van der Waals surface area contributed by atoms with Crippen molar-refractivity contribution in [3.8, 4) is 11.4 Å². The number of aliphatic carboxylic acids is 1. The lowest BCUT2D eigenvalue weighted by molar-refractivity contribution is -0.137. The second-order valence-electron chi connectivity index (χ2n) is 6.74. The molecule has 1 aromatic carbocycles. The van der Waals surface area contributed by atoms with E-state index in [1.807, 2.05) is 12.1 Å². The van der Waals surface area contributed by atoms with Crippen LogP contribution in [0.2, 0.25) is 0 Å². The van der Waals surface area contributed by atoms with Crippen molar-refractivity contribution >= 4 is 5.97 Å². The van der Waals surface area contributed by atoms with Crippen LogP contribution < -0.4 is 0 Å². The SMILES string of the molecule is CCc1ccc(-c2noc(CN3CCCC(CCC(=O)O)C3)n2)cc1. The van der Waals surface area contributed by atoms with E-state index in [0.717, 1.165) is 44.3 Å². The first kappa shape index (κ1) is 17.6. The molecule has 134 valence electrons. The Morgan fingerprint density at radius 3 is 2.88 bits per heavy atom. The zero-order valence-electron chi connectivity index (χ0n) is 14.6. The average molecular weight is 343 g/mol. The van der Waals surface area contributed by atoms with Crippen molar-refractivity contribution in [2.24, 2.45) is 5.92 Å². The maximum absolute atomic E-state index is 10.7. The first-order valence-electron chi connectivity index (χ1n) is 9.00. The fraction of sp³-hybridized carbons (Fsp3) is 0.526. The van der Waals surface area contributed by atoms with Crippen LogP contribution in [0.3, 0.4) is 0 Å². The molecule has 2 aromatic rings. The third-order valence-corrected chi connectivity index (χ3v) is 4.82. The van der Waals surface area contributed by atoms with Gasteiger partial charge in [0.05, 0.1) is 6.54 Å². The molecule has 1 unspecified atom stereocenters. The molecule has 1 aliphatic heterocycles. The third kappa shape index (κ3) is 4.89. The van der Waals surface area contributed by atoms with E-state index in [2.05, 4.69) is 34.1 Å². The van der Waals surface area contributed by atoms with E-state index in [4.69, 9.17) is 9.63 Å². The minimum Gasteiger partial charge on any atom is -0.481 e. The van der Waals surface area contributed by atoms with Crippen LogP contribution >= 0.6 is 0 Å². The van der Waals surface area contributed by atoms with Crippen molar-refractivity contribution in [3.63, 3.8) is 0 Å². The summed E-state index contributed by atoms with van der Waals surface area (Å²) in [6, 6.07) is 8.22. The number of hydrogen-bond acceptors (Lipinski definition) is 5. The van der Waals surface area contributed by atoms with E-state index in [1.54, 1.807) is 0 Å².